The molecule has 1 aliphatic heterocycles. The van der Waals surface area contributed by atoms with Gasteiger partial charge in [-0.25, -0.2) is 0 Å². The van der Waals surface area contributed by atoms with E-state index in [0.29, 0.717) is 12.3 Å². The molecule has 0 bridgehead atoms. The highest BCUT2D eigenvalue weighted by Gasteiger charge is 2.26. The fourth-order valence-electron chi connectivity index (χ4n) is 3.68. The molecule has 0 radical (unpaired) electrons. The number of nitrogens with one attached hydrogen (secondary N) is 2. The lowest BCUT2D eigenvalue weighted by Crippen LogP contribution is -2.58. The highest BCUT2D eigenvalue weighted by molar-refractivity contribution is 5.05. The number of hydrogen-bond acceptors (Lipinski definition) is 6. The van der Waals surface area contributed by atoms with Crippen molar-refractivity contribution in [2.75, 3.05) is 26.2 Å². The van der Waals surface area contributed by atoms with Crippen molar-refractivity contribution in [1.82, 2.24) is 20.4 Å². The van der Waals surface area contributed by atoms with E-state index in [1.807, 2.05) is 24.7 Å². The van der Waals surface area contributed by atoms with Gasteiger partial charge in [0.25, 0.3) is 0 Å². The van der Waals surface area contributed by atoms with Crippen molar-refractivity contribution in [3.05, 3.63) is 48.3 Å². The van der Waals surface area contributed by atoms with Crippen LogP contribution in [0.15, 0.2) is 46.0 Å². The molecule has 2 atom stereocenters. The Morgan fingerprint density at radius 1 is 0.808 bits per heavy atom. The number of furan rings is 2. The first-order valence-electron chi connectivity index (χ1n) is 9.77. The van der Waals surface area contributed by atoms with Crippen LogP contribution in [0.25, 0.3) is 0 Å². The fourth-order valence-corrected chi connectivity index (χ4v) is 3.68. The number of piperazine rings is 1. The first-order chi connectivity index (χ1) is 12.8. The van der Waals surface area contributed by atoms with Crippen molar-refractivity contribution in [3.8, 4) is 0 Å². The Kier molecular flexibility index (Phi) is 7.32. The van der Waals surface area contributed by atoms with Gasteiger partial charge in [0, 0.05) is 50.4 Å². The molecular weight excluding hydrogens is 328 g/mol. The van der Waals surface area contributed by atoms with Crippen LogP contribution in [-0.4, -0.2) is 48.3 Å². The van der Waals surface area contributed by atoms with E-state index < -0.39 is 0 Å². The summed E-state index contributed by atoms with van der Waals surface area (Å²) in [5.74, 6) is 0. The minimum absolute atomic E-state index is 0.422. The Hall–Kier alpha value is -1.60. The van der Waals surface area contributed by atoms with Crippen molar-refractivity contribution in [1.29, 1.82) is 0 Å². The molecular formula is C20H32N4O2. The van der Waals surface area contributed by atoms with Crippen LogP contribution in [0.4, 0.5) is 0 Å². The summed E-state index contributed by atoms with van der Waals surface area (Å²) in [5, 5.41) is 7.33. The van der Waals surface area contributed by atoms with Gasteiger partial charge >= 0.3 is 0 Å². The van der Waals surface area contributed by atoms with Crippen LogP contribution in [-0.2, 0) is 13.1 Å². The van der Waals surface area contributed by atoms with Gasteiger partial charge in [-0.1, -0.05) is 13.8 Å². The van der Waals surface area contributed by atoms with Crippen LogP contribution >= 0.6 is 0 Å². The Labute approximate surface area is 156 Å². The van der Waals surface area contributed by atoms with Crippen LogP contribution in [0.3, 0.4) is 0 Å². The van der Waals surface area contributed by atoms with E-state index in [1.54, 1.807) is 12.5 Å². The van der Waals surface area contributed by atoms with Crippen molar-refractivity contribution in [2.45, 2.75) is 52.1 Å². The summed E-state index contributed by atoms with van der Waals surface area (Å²) in [7, 11) is 0. The lowest BCUT2D eigenvalue weighted by molar-refractivity contribution is 0.0444. The second-order valence-electron chi connectivity index (χ2n) is 6.95. The van der Waals surface area contributed by atoms with E-state index in [1.165, 1.54) is 11.1 Å². The summed E-state index contributed by atoms with van der Waals surface area (Å²) in [6.45, 7) is 10.6. The number of rotatable bonds is 10. The second-order valence-corrected chi connectivity index (χ2v) is 6.95. The molecule has 0 amide bonds. The van der Waals surface area contributed by atoms with Gasteiger partial charge in [-0.2, -0.15) is 0 Å². The lowest BCUT2D eigenvalue weighted by Gasteiger charge is -2.42. The Morgan fingerprint density at radius 2 is 1.23 bits per heavy atom. The third-order valence-electron chi connectivity index (χ3n) is 5.25. The summed E-state index contributed by atoms with van der Waals surface area (Å²) in [6.07, 6.45) is 10.2. The summed E-state index contributed by atoms with van der Waals surface area (Å²) in [5.41, 5.74) is 2.41. The minimum Gasteiger partial charge on any atom is -0.472 e. The molecule has 1 aliphatic rings. The zero-order valence-electron chi connectivity index (χ0n) is 16.0. The quantitative estimate of drug-likeness (QED) is 0.679. The smallest absolute Gasteiger partial charge is 0.0947 e. The highest BCUT2D eigenvalue weighted by atomic mass is 16.3. The summed E-state index contributed by atoms with van der Waals surface area (Å²) in [6, 6.07) is 4.05. The van der Waals surface area contributed by atoms with Crippen LogP contribution in [0, 0.1) is 0 Å². The Bertz CT molecular complexity index is 537. The van der Waals surface area contributed by atoms with Gasteiger partial charge in [0.1, 0.15) is 0 Å². The average molecular weight is 361 g/mol. The van der Waals surface area contributed by atoms with Gasteiger partial charge in [-0.15, -0.1) is 0 Å². The molecule has 3 rings (SSSR count). The molecule has 0 spiro atoms. The van der Waals surface area contributed by atoms with Gasteiger partial charge in [-0.3, -0.25) is 20.4 Å². The number of nitrogens with zero attached hydrogens (tertiary/aromatic N) is 2. The molecule has 144 valence electrons. The van der Waals surface area contributed by atoms with E-state index in [4.69, 9.17) is 8.83 Å². The second kappa shape index (κ2) is 9.92. The van der Waals surface area contributed by atoms with E-state index in [-0.39, 0.29) is 0 Å². The standard InChI is InChI=1S/C20H32N4O2/c1-3-19(21-13-17-5-11-25-15-17)23-7-9-24(10-8-23)20(4-2)22-14-18-6-12-26-16-18/h5-6,11-12,15-16,19-22H,3-4,7-10,13-14H2,1-2H3. The fraction of sp³-hybridized carbons (Fsp3) is 0.600. The zero-order valence-corrected chi connectivity index (χ0v) is 16.0. The van der Waals surface area contributed by atoms with Crippen molar-refractivity contribution < 1.29 is 8.83 Å². The average Bonchev–Trinajstić information content (AvgIpc) is 3.37. The molecule has 1 saturated heterocycles. The molecule has 2 aromatic rings. The monoisotopic (exact) mass is 360 g/mol. The predicted octanol–water partition coefficient (Wildman–Crippen LogP) is 2.84. The Balaban J connectivity index is 1.43. The van der Waals surface area contributed by atoms with E-state index in [0.717, 1.165) is 52.1 Å². The first-order valence-corrected chi connectivity index (χ1v) is 9.77. The van der Waals surface area contributed by atoms with Crippen LogP contribution in [0.1, 0.15) is 37.8 Å². The number of hydrogen-bond donors (Lipinski definition) is 2. The minimum atomic E-state index is 0.422. The molecule has 6 nitrogen and oxygen atoms in total. The molecule has 2 N–H and O–H groups in total. The molecule has 0 aliphatic carbocycles. The van der Waals surface area contributed by atoms with Crippen LogP contribution in [0.2, 0.25) is 0 Å². The summed E-state index contributed by atoms with van der Waals surface area (Å²) in [4.78, 5) is 5.14. The first kappa shape index (κ1) is 19.2. The molecule has 3 heterocycles. The third kappa shape index (κ3) is 5.20. The zero-order chi connectivity index (χ0) is 18.2. The SMILES string of the molecule is CCC(NCc1ccoc1)N1CCN(C(CC)NCc2ccoc2)CC1. The molecule has 6 heteroatoms. The summed E-state index contributed by atoms with van der Waals surface area (Å²) >= 11 is 0. The third-order valence-corrected chi connectivity index (χ3v) is 5.25. The van der Waals surface area contributed by atoms with Crippen molar-refractivity contribution in [3.63, 3.8) is 0 Å². The van der Waals surface area contributed by atoms with Gasteiger partial charge in [-0.05, 0) is 25.0 Å². The molecule has 26 heavy (non-hydrogen) atoms. The maximum atomic E-state index is 5.16. The maximum Gasteiger partial charge on any atom is 0.0947 e. The maximum absolute atomic E-state index is 5.16. The van der Waals surface area contributed by atoms with E-state index >= 15 is 0 Å². The van der Waals surface area contributed by atoms with Crippen LogP contribution in [0.5, 0.6) is 0 Å². The normalized spacial score (nSPS) is 18.8. The topological polar surface area (TPSA) is 56.8 Å². The largest absolute Gasteiger partial charge is 0.472 e. The van der Waals surface area contributed by atoms with E-state index in [9.17, 15) is 0 Å². The molecule has 0 aromatic carbocycles. The van der Waals surface area contributed by atoms with E-state index in [2.05, 4.69) is 34.3 Å². The van der Waals surface area contributed by atoms with Crippen molar-refractivity contribution in [2.24, 2.45) is 0 Å². The van der Waals surface area contributed by atoms with Gasteiger partial charge < -0.3 is 8.83 Å². The van der Waals surface area contributed by atoms with Crippen LogP contribution < -0.4 is 10.6 Å². The highest BCUT2D eigenvalue weighted by Crippen LogP contribution is 2.12. The summed E-state index contributed by atoms with van der Waals surface area (Å²) < 4.78 is 10.3. The molecule has 1 fully saturated rings. The van der Waals surface area contributed by atoms with Gasteiger partial charge in [0.15, 0.2) is 0 Å². The van der Waals surface area contributed by atoms with Crippen molar-refractivity contribution >= 4 is 0 Å². The molecule has 0 saturated carbocycles. The molecule has 2 unspecified atom stereocenters. The van der Waals surface area contributed by atoms with Gasteiger partial charge in [0.2, 0.25) is 0 Å². The van der Waals surface area contributed by atoms with Gasteiger partial charge in [0.05, 0.1) is 37.4 Å². The lowest BCUT2D eigenvalue weighted by atomic mass is 10.2. The molecule has 2 aromatic heterocycles. The predicted molar refractivity (Wildman–Crippen MR) is 102 cm³/mol. The Morgan fingerprint density at radius 3 is 1.54 bits per heavy atom.